The number of nitrogens with zero attached hydrogens (tertiary/aromatic N) is 2. The number of fused-ring (bicyclic) bond motifs is 5. The summed E-state index contributed by atoms with van der Waals surface area (Å²) >= 11 is 0. The molecule has 0 radical (unpaired) electrons. The third-order valence-electron chi connectivity index (χ3n) is 8.28. The topological polar surface area (TPSA) is 8.81 Å². The standard InChI is InChI=1S/C34H29N2/c1-4-24-20-21-28-27-17-11-18-29-32(27)36(31(28)23(24)2)33-30(19-12-22-35(33)3)34(29,25-13-7-5-8-14-25)26-15-9-6-10-16-26/h5-22H,4H2,1-3H3/q+1. The van der Waals surface area contributed by atoms with Crippen LogP contribution in [0.3, 0.4) is 0 Å². The van der Waals surface area contributed by atoms with E-state index >= 15 is 0 Å². The molecule has 3 heterocycles. The maximum absolute atomic E-state index is 2.55. The fourth-order valence-electron chi connectivity index (χ4n) is 6.74. The molecule has 2 aromatic heterocycles. The first-order valence-corrected chi connectivity index (χ1v) is 12.8. The van der Waals surface area contributed by atoms with Crippen molar-refractivity contribution in [2.45, 2.75) is 25.7 Å². The van der Waals surface area contributed by atoms with E-state index in [9.17, 15) is 0 Å². The third-order valence-corrected chi connectivity index (χ3v) is 8.28. The fourth-order valence-corrected chi connectivity index (χ4v) is 6.74. The Kier molecular flexibility index (Phi) is 4.50. The summed E-state index contributed by atoms with van der Waals surface area (Å²) in [6.45, 7) is 4.55. The van der Waals surface area contributed by atoms with Gasteiger partial charge in [0.1, 0.15) is 11.0 Å². The van der Waals surface area contributed by atoms with E-state index in [1.807, 2.05) is 0 Å². The second kappa shape index (κ2) is 7.66. The molecule has 0 aliphatic carbocycles. The molecular weight excluding hydrogens is 436 g/mol. The summed E-state index contributed by atoms with van der Waals surface area (Å²) in [6, 6.07) is 38.2. The molecule has 1 aliphatic heterocycles. The van der Waals surface area contributed by atoms with Crippen molar-refractivity contribution in [1.29, 1.82) is 0 Å². The van der Waals surface area contributed by atoms with Crippen LogP contribution in [-0.2, 0) is 18.9 Å². The minimum Gasteiger partial charge on any atom is -0.236 e. The average molecular weight is 466 g/mol. The van der Waals surface area contributed by atoms with Crippen LogP contribution >= 0.6 is 0 Å². The van der Waals surface area contributed by atoms with Crippen molar-refractivity contribution in [1.82, 2.24) is 4.57 Å². The highest BCUT2D eigenvalue weighted by Crippen LogP contribution is 2.53. The van der Waals surface area contributed by atoms with E-state index in [0.717, 1.165) is 6.42 Å². The predicted molar refractivity (Wildman–Crippen MR) is 148 cm³/mol. The van der Waals surface area contributed by atoms with Crippen LogP contribution in [0.2, 0.25) is 0 Å². The second-order valence-corrected chi connectivity index (χ2v) is 9.97. The Morgan fingerprint density at radius 1 is 0.667 bits per heavy atom. The number of hydrogen-bond acceptors (Lipinski definition) is 0. The number of para-hydroxylation sites is 1. The van der Waals surface area contributed by atoms with E-state index in [2.05, 4.69) is 139 Å². The Bertz CT molecular complexity index is 1740. The molecular formula is C34H29N2+. The van der Waals surface area contributed by atoms with Gasteiger partial charge in [-0.2, -0.15) is 4.57 Å². The zero-order chi connectivity index (χ0) is 24.4. The lowest BCUT2D eigenvalue weighted by molar-refractivity contribution is -0.666. The molecule has 0 amide bonds. The summed E-state index contributed by atoms with van der Waals surface area (Å²) in [5, 5.41) is 2.65. The maximum Gasteiger partial charge on any atom is 0.291 e. The van der Waals surface area contributed by atoms with E-state index in [1.165, 1.54) is 61.0 Å². The van der Waals surface area contributed by atoms with E-state index < -0.39 is 5.41 Å². The smallest absolute Gasteiger partial charge is 0.236 e. The van der Waals surface area contributed by atoms with Crippen molar-refractivity contribution < 1.29 is 4.57 Å². The zero-order valence-corrected chi connectivity index (χ0v) is 21.0. The van der Waals surface area contributed by atoms with Gasteiger partial charge in [0.15, 0.2) is 0 Å². The number of aryl methyl sites for hydroxylation is 3. The lowest BCUT2D eigenvalue weighted by Crippen LogP contribution is -2.43. The van der Waals surface area contributed by atoms with Crippen molar-refractivity contribution in [3.63, 3.8) is 0 Å². The summed E-state index contributed by atoms with van der Waals surface area (Å²) in [5.41, 5.74) is 10.2. The molecule has 2 heteroatoms. The molecule has 36 heavy (non-hydrogen) atoms. The van der Waals surface area contributed by atoms with Crippen molar-refractivity contribution in [2.24, 2.45) is 7.05 Å². The molecule has 0 N–H and O–H groups in total. The monoisotopic (exact) mass is 465 g/mol. The number of rotatable bonds is 3. The van der Waals surface area contributed by atoms with Gasteiger partial charge in [0.05, 0.1) is 24.2 Å². The van der Waals surface area contributed by atoms with Crippen molar-refractivity contribution in [2.75, 3.05) is 0 Å². The molecule has 0 atom stereocenters. The Morgan fingerprint density at radius 2 is 1.31 bits per heavy atom. The molecule has 0 bridgehead atoms. The summed E-state index contributed by atoms with van der Waals surface area (Å²) in [4.78, 5) is 0. The second-order valence-electron chi connectivity index (χ2n) is 9.97. The zero-order valence-electron chi connectivity index (χ0n) is 21.0. The predicted octanol–water partition coefficient (Wildman–Crippen LogP) is 7.18. The van der Waals surface area contributed by atoms with Crippen LogP contribution in [0.25, 0.3) is 27.6 Å². The Hall–Kier alpha value is -4.17. The molecule has 7 rings (SSSR count). The van der Waals surface area contributed by atoms with Gasteiger partial charge < -0.3 is 0 Å². The molecule has 0 saturated heterocycles. The highest BCUT2D eigenvalue weighted by atomic mass is 15.1. The van der Waals surface area contributed by atoms with Crippen LogP contribution in [0.15, 0.2) is 109 Å². The van der Waals surface area contributed by atoms with Crippen LogP contribution in [0.4, 0.5) is 0 Å². The van der Waals surface area contributed by atoms with Crippen molar-refractivity contribution in [3.05, 3.63) is 143 Å². The van der Waals surface area contributed by atoms with Gasteiger partial charge in [0, 0.05) is 21.9 Å². The first kappa shape index (κ1) is 21.1. The molecule has 2 nitrogen and oxygen atoms in total. The molecule has 0 saturated carbocycles. The normalized spacial score (nSPS) is 13.8. The van der Waals surface area contributed by atoms with Crippen LogP contribution in [0.1, 0.15) is 40.3 Å². The van der Waals surface area contributed by atoms with Gasteiger partial charge in [-0.05, 0) is 54.3 Å². The van der Waals surface area contributed by atoms with E-state index in [1.54, 1.807) is 0 Å². The molecule has 1 aliphatic rings. The summed E-state index contributed by atoms with van der Waals surface area (Å²) in [5.74, 6) is 1.24. The minimum atomic E-state index is -0.428. The lowest BCUT2D eigenvalue weighted by Gasteiger charge is -2.39. The number of benzene rings is 4. The summed E-state index contributed by atoms with van der Waals surface area (Å²) in [7, 11) is 2.18. The van der Waals surface area contributed by atoms with E-state index in [4.69, 9.17) is 0 Å². The SMILES string of the molecule is CCc1ccc2c3cccc4c3n(c2c1C)-c1c(ccc[n+]1C)C4(c1ccccc1)c1ccccc1. The fraction of sp³-hybridized carbons (Fsp3) is 0.147. The van der Waals surface area contributed by atoms with Gasteiger partial charge in [-0.25, -0.2) is 4.57 Å². The molecule has 0 unspecified atom stereocenters. The van der Waals surface area contributed by atoms with Gasteiger partial charge in [-0.15, -0.1) is 0 Å². The van der Waals surface area contributed by atoms with Gasteiger partial charge in [-0.3, -0.25) is 0 Å². The molecule has 0 fully saturated rings. The van der Waals surface area contributed by atoms with E-state index in [-0.39, 0.29) is 0 Å². The highest BCUT2D eigenvalue weighted by Gasteiger charge is 2.49. The maximum atomic E-state index is 2.55. The minimum absolute atomic E-state index is 0.428. The van der Waals surface area contributed by atoms with E-state index in [0.29, 0.717) is 0 Å². The lowest BCUT2D eigenvalue weighted by atomic mass is 9.63. The van der Waals surface area contributed by atoms with Gasteiger partial charge in [0.2, 0.25) is 0 Å². The first-order valence-electron chi connectivity index (χ1n) is 12.8. The average Bonchev–Trinajstić information content (AvgIpc) is 3.27. The van der Waals surface area contributed by atoms with Gasteiger partial charge in [-0.1, -0.05) is 85.8 Å². The highest BCUT2D eigenvalue weighted by molar-refractivity contribution is 6.12. The number of hydrogen-bond donors (Lipinski definition) is 0. The van der Waals surface area contributed by atoms with Crippen LogP contribution in [-0.4, -0.2) is 4.57 Å². The van der Waals surface area contributed by atoms with Crippen LogP contribution in [0.5, 0.6) is 0 Å². The van der Waals surface area contributed by atoms with Gasteiger partial charge >= 0.3 is 0 Å². The van der Waals surface area contributed by atoms with Crippen molar-refractivity contribution >= 4 is 21.8 Å². The third kappa shape index (κ3) is 2.54. The van der Waals surface area contributed by atoms with Crippen LogP contribution < -0.4 is 4.57 Å². The van der Waals surface area contributed by atoms with Gasteiger partial charge in [0.25, 0.3) is 5.82 Å². The summed E-state index contributed by atoms with van der Waals surface area (Å²) < 4.78 is 4.86. The molecule has 174 valence electrons. The molecule has 6 aromatic rings. The quantitative estimate of drug-likeness (QED) is 0.245. The first-order chi connectivity index (χ1) is 17.7. The number of pyridine rings is 1. The summed E-state index contributed by atoms with van der Waals surface area (Å²) in [6.07, 6.45) is 3.21. The number of aromatic nitrogens is 2. The van der Waals surface area contributed by atoms with Crippen LogP contribution in [0, 0.1) is 6.92 Å². The van der Waals surface area contributed by atoms with Crippen molar-refractivity contribution in [3.8, 4) is 5.82 Å². The Labute approximate surface area is 212 Å². The Balaban J connectivity index is 1.80. The Morgan fingerprint density at radius 3 is 1.97 bits per heavy atom. The molecule has 4 aromatic carbocycles. The molecule has 0 spiro atoms. The largest absolute Gasteiger partial charge is 0.291 e.